The molecule has 0 spiro atoms. The van der Waals surface area contributed by atoms with Crippen LogP contribution in [0, 0.1) is 0 Å². The maximum absolute atomic E-state index is 11.7. The molecule has 0 atom stereocenters. The van der Waals surface area contributed by atoms with Gasteiger partial charge >= 0.3 is 12.2 Å². The summed E-state index contributed by atoms with van der Waals surface area (Å²) < 4.78 is 5.07. The predicted molar refractivity (Wildman–Crippen MR) is 81.4 cm³/mol. The molecular formula is C15H15N3O4. The molecule has 0 saturated heterocycles. The maximum Gasteiger partial charge on any atom is 0.426 e. The van der Waals surface area contributed by atoms with E-state index in [0.717, 1.165) is 5.56 Å². The van der Waals surface area contributed by atoms with E-state index in [4.69, 9.17) is 15.7 Å². The molecule has 2 aromatic rings. The van der Waals surface area contributed by atoms with Gasteiger partial charge < -0.3 is 9.84 Å². The predicted octanol–water partition coefficient (Wildman–Crippen LogP) is 2.79. The highest BCUT2D eigenvalue weighted by Gasteiger charge is 2.09. The number of rotatable bonds is 4. The molecule has 7 nitrogen and oxygen atoms in total. The number of carbonyl (C=O) groups is 2. The Morgan fingerprint density at radius 2 is 1.73 bits per heavy atom. The van der Waals surface area contributed by atoms with Gasteiger partial charge in [0.25, 0.3) is 0 Å². The Hall–Kier alpha value is -3.06. The molecule has 114 valence electrons. The Balaban J connectivity index is 1.88. The van der Waals surface area contributed by atoms with E-state index in [0.29, 0.717) is 10.7 Å². The summed E-state index contributed by atoms with van der Waals surface area (Å²) >= 11 is 0. The smallest absolute Gasteiger partial charge is 0.426 e. The number of amides is 2. The SMILES string of the molecule is NN(C(=O)O)c1ccc(NC(=O)OCc2ccccc2)cc1. The van der Waals surface area contributed by atoms with E-state index in [-0.39, 0.29) is 12.3 Å². The van der Waals surface area contributed by atoms with Crippen LogP contribution in [0.1, 0.15) is 5.56 Å². The van der Waals surface area contributed by atoms with Crippen LogP contribution >= 0.6 is 0 Å². The standard InChI is InChI=1S/C15H15N3O4/c16-18(15(20)21)13-8-6-12(7-9-13)17-14(19)22-10-11-4-2-1-3-5-11/h1-9H,10,16H2,(H,17,19)(H,20,21). The number of nitrogens with one attached hydrogen (secondary N) is 1. The lowest BCUT2D eigenvalue weighted by Crippen LogP contribution is -2.35. The molecule has 4 N–H and O–H groups in total. The summed E-state index contributed by atoms with van der Waals surface area (Å²) in [6.07, 6.45) is -1.87. The van der Waals surface area contributed by atoms with Crippen molar-refractivity contribution in [2.24, 2.45) is 5.84 Å². The number of benzene rings is 2. The normalized spacial score (nSPS) is 9.86. The summed E-state index contributed by atoms with van der Waals surface area (Å²) in [5.41, 5.74) is 1.64. The number of anilines is 2. The van der Waals surface area contributed by atoms with Gasteiger partial charge in [-0.15, -0.1) is 0 Å². The summed E-state index contributed by atoms with van der Waals surface area (Å²) in [7, 11) is 0. The Morgan fingerprint density at radius 3 is 2.32 bits per heavy atom. The van der Waals surface area contributed by atoms with Crippen molar-refractivity contribution < 1.29 is 19.4 Å². The van der Waals surface area contributed by atoms with Crippen molar-refractivity contribution in [3.05, 3.63) is 60.2 Å². The van der Waals surface area contributed by atoms with E-state index in [1.54, 1.807) is 0 Å². The average molecular weight is 301 g/mol. The average Bonchev–Trinajstić information content (AvgIpc) is 2.54. The number of hydrogen-bond acceptors (Lipinski definition) is 4. The maximum atomic E-state index is 11.7. The van der Waals surface area contributed by atoms with Crippen LogP contribution < -0.4 is 16.2 Å². The lowest BCUT2D eigenvalue weighted by atomic mass is 10.2. The first-order chi connectivity index (χ1) is 10.6. The third kappa shape index (κ3) is 4.22. The number of hydrogen-bond donors (Lipinski definition) is 3. The number of carbonyl (C=O) groups excluding carboxylic acids is 1. The first-order valence-corrected chi connectivity index (χ1v) is 6.42. The van der Waals surface area contributed by atoms with Crippen LogP contribution in [-0.2, 0) is 11.3 Å². The van der Waals surface area contributed by atoms with Crippen LogP contribution in [0.5, 0.6) is 0 Å². The molecule has 0 unspecified atom stereocenters. The van der Waals surface area contributed by atoms with E-state index in [1.807, 2.05) is 30.3 Å². The quantitative estimate of drug-likeness (QED) is 0.457. The van der Waals surface area contributed by atoms with Crippen LogP contribution in [0.15, 0.2) is 54.6 Å². The van der Waals surface area contributed by atoms with Gasteiger partial charge in [0.2, 0.25) is 0 Å². The number of ether oxygens (including phenoxy) is 1. The molecule has 0 aromatic heterocycles. The molecular weight excluding hydrogens is 286 g/mol. The van der Waals surface area contributed by atoms with Gasteiger partial charge in [-0.25, -0.2) is 20.4 Å². The number of nitrogens with two attached hydrogens (primary N) is 1. The monoisotopic (exact) mass is 301 g/mol. The molecule has 2 aromatic carbocycles. The first-order valence-electron chi connectivity index (χ1n) is 6.42. The van der Waals surface area contributed by atoms with E-state index in [1.165, 1.54) is 24.3 Å². The second-order valence-corrected chi connectivity index (χ2v) is 4.39. The van der Waals surface area contributed by atoms with Crippen molar-refractivity contribution in [1.82, 2.24) is 0 Å². The van der Waals surface area contributed by atoms with Gasteiger partial charge in [-0.2, -0.15) is 0 Å². The first kappa shape index (κ1) is 15.3. The van der Waals surface area contributed by atoms with Crippen LogP contribution in [0.2, 0.25) is 0 Å². The van der Waals surface area contributed by atoms with Crippen molar-refractivity contribution in [1.29, 1.82) is 0 Å². The van der Waals surface area contributed by atoms with E-state index in [9.17, 15) is 9.59 Å². The fourth-order valence-corrected chi connectivity index (χ4v) is 1.69. The minimum atomic E-state index is -1.28. The fraction of sp³-hybridized carbons (Fsp3) is 0.0667. The van der Waals surface area contributed by atoms with Gasteiger partial charge in [-0.1, -0.05) is 30.3 Å². The molecule has 7 heteroatoms. The van der Waals surface area contributed by atoms with Gasteiger partial charge in [-0.3, -0.25) is 5.32 Å². The summed E-state index contributed by atoms with van der Waals surface area (Å²) in [6, 6.07) is 15.3. The molecule has 0 saturated carbocycles. The van der Waals surface area contributed by atoms with Gasteiger partial charge in [0, 0.05) is 5.69 Å². The van der Waals surface area contributed by atoms with Crippen molar-refractivity contribution in [2.75, 3.05) is 10.3 Å². The van der Waals surface area contributed by atoms with Gasteiger partial charge in [0.1, 0.15) is 6.61 Å². The summed E-state index contributed by atoms with van der Waals surface area (Å²) in [6.45, 7) is 0.167. The van der Waals surface area contributed by atoms with E-state index in [2.05, 4.69) is 5.32 Å². The molecule has 2 amide bonds. The van der Waals surface area contributed by atoms with Crippen LogP contribution in [0.25, 0.3) is 0 Å². The van der Waals surface area contributed by atoms with Crippen molar-refractivity contribution in [3.63, 3.8) is 0 Å². The molecule has 0 aliphatic heterocycles. The lowest BCUT2D eigenvalue weighted by Gasteiger charge is -2.13. The van der Waals surface area contributed by atoms with Crippen LogP contribution in [0.4, 0.5) is 21.0 Å². The molecule has 0 radical (unpaired) electrons. The highest BCUT2D eigenvalue weighted by atomic mass is 16.5. The molecule has 0 heterocycles. The summed E-state index contributed by atoms with van der Waals surface area (Å²) in [4.78, 5) is 22.3. The van der Waals surface area contributed by atoms with Crippen LogP contribution in [-0.4, -0.2) is 17.3 Å². The zero-order valence-electron chi connectivity index (χ0n) is 11.6. The molecule has 0 bridgehead atoms. The third-order valence-corrected chi connectivity index (χ3v) is 2.81. The highest BCUT2D eigenvalue weighted by molar-refractivity contribution is 5.87. The minimum Gasteiger partial charge on any atom is -0.464 e. The van der Waals surface area contributed by atoms with Crippen molar-refractivity contribution in [3.8, 4) is 0 Å². The second kappa shape index (κ2) is 7.09. The second-order valence-electron chi connectivity index (χ2n) is 4.39. The zero-order chi connectivity index (χ0) is 15.9. The van der Waals surface area contributed by atoms with Crippen LogP contribution in [0.3, 0.4) is 0 Å². The minimum absolute atomic E-state index is 0.167. The molecule has 0 fully saturated rings. The van der Waals surface area contributed by atoms with Gasteiger partial charge in [0.15, 0.2) is 0 Å². The Labute approximate surface area is 126 Å². The Kier molecular flexibility index (Phi) is 4.94. The number of hydrazine groups is 1. The number of carboxylic acid groups (broad SMARTS) is 1. The third-order valence-electron chi connectivity index (χ3n) is 2.81. The lowest BCUT2D eigenvalue weighted by molar-refractivity contribution is 0.155. The molecule has 0 aliphatic rings. The summed E-state index contributed by atoms with van der Waals surface area (Å²) in [5.74, 6) is 5.32. The topological polar surface area (TPSA) is 105 Å². The van der Waals surface area contributed by atoms with E-state index >= 15 is 0 Å². The van der Waals surface area contributed by atoms with Crippen molar-refractivity contribution >= 4 is 23.6 Å². The fourth-order valence-electron chi connectivity index (χ4n) is 1.69. The van der Waals surface area contributed by atoms with E-state index < -0.39 is 12.2 Å². The zero-order valence-corrected chi connectivity index (χ0v) is 11.6. The Morgan fingerprint density at radius 1 is 1.09 bits per heavy atom. The Bertz CT molecular complexity index is 644. The van der Waals surface area contributed by atoms with Crippen molar-refractivity contribution in [2.45, 2.75) is 6.61 Å². The van der Waals surface area contributed by atoms with Gasteiger partial charge in [0.05, 0.1) is 5.69 Å². The van der Waals surface area contributed by atoms with Gasteiger partial charge in [-0.05, 0) is 29.8 Å². The highest BCUT2D eigenvalue weighted by Crippen LogP contribution is 2.16. The molecule has 2 rings (SSSR count). The molecule has 0 aliphatic carbocycles. The molecule has 22 heavy (non-hydrogen) atoms. The summed E-state index contributed by atoms with van der Waals surface area (Å²) in [5, 5.41) is 11.9. The largest absolute Gasteiger partial charge is 0.464 e. The number of nitrogens with zero attached hydrogens (tertiary/aromatic N) is 1.